The molecule has 0 spiro atoms. The lowest BCUT2D eigenvalue weighted by Crippen LogP contribution is -2.43. The summed E-state index contributed by atoms with van der Waals surface area (Å²) in [6.45, 7) is 7.26. The maximum Gasteiger partial charge on any atom is 0.161 e. The molecule has 1 fully saturated rings. The maximum atomic E-state index is 9.75. The maximum absolute atomic E-state index is 9.75. The number of ether oxygens (including phenoxy) is 1. The lowest BCUT2D eigenvalue weighted by atomic mass is 10.2. The van der Waals surface area contributed by atoms with E-state index in [9.17, 15) is 5.11 Å². The Bertz CT molecular complexity index is 695. The van der Waals surface area contributed by atoms with E-state index in [0.29, 0.717) is 12.4 Å². The van der Waals surface area contributed by atoms with Gasteiger partial charge in [-0.3, -0.25) is 9.91 Å². The van der Waals surface area contributed by atoms with Crippen LogP contribution in [0.25, 0.3) is 0 Å². The van der Waals surface area contributed by atoms with Crippen molar-refractivity contribution in [3.8, 4) is 11.5 Å². The molecule has 0 radical (unpaired) electrons. The molecule has 0 atom stereocenters. The number of piperazine rings is 1. The number of nitrogens with zero attached hydrogens (tertiary/aromatic N) is 3. The average molecular weight is 339 g/mol. The topological polar surface area (TPSA) is 48.3 Å². The van der Waals surface area contributed by atoms with Gasteiger partial charge < -0.3 is 9.84 Å². The third kappa shape index (κ3) is 4.97. The Balaban J connectivity index is 1.52. The summed E-state index contributed by atoms with van der Waals surface area (Å²) in [5.74, 6) is 0.660. The zero-order valence-electron chi connectivity index (χ0n) is 14.6. The fourth-order valence-corrected chi connectivity index (χ4v) is 2.88. The Morgan fingerprint density at radius 1 is 1.08 bits per heavy atom. The average Bonchev–Trinajstić information content (AvgIpc) is 2.65. The van der Waals surface area contributed by atoms with Gasteiger partial charge in [-0.25, -0.2) is 0 Å². The molecule has 1 N–H and O–H groups in total. The largest absolute Gasteiger partial charge is 0.504 e. The van der Waals surface area contributed by atoms with Crippen LogP contribution in [-0.4, -0.2) is 54.0 Å². The van der Waals surface area contributed by atoms with Crippen molar-refractivity contribution < 1.29 is 9.84 Å². The first kappa shape index (κ1) is 17.3. The summed E-state index contributed by atoms with van der Waals surface area (Å²) in [5, 5.41) is 16.4. The molecule has 0 bridgehead atoms. The van der Waals surface area contributed by atoms with Crippen molar-refractivity contribution >= 4 is 6.21 Å². The zero-order chi connectivity index (χ0) is 17.5. The molecule has 25 heavy (non-hydrogen) atoms. The van der Waals surface area contributed by atoms with E-state index in [1.165, 1.54) is 5.56 Å². The van der Waals surface area contributed by atoms with E-state index < -0.39 is 0 Å². The predicted molar refractivity (Wildman–Crippen MR) is 100 cm³/mol. The lowest BCUT2D eigenvalue weighted by molar-refractivity contribution is 0.131. The van der Waals surface area contributed by atoms with Crippen molar-refractivity contribution in [1.82, 2.24) is 9.91 Å². The molecule has 0 amide bonds. The van der Waals surface area contributed by atoms with Gasteiger partial charge in [-0.2, -0.15) is 5.10 Å². The smallest absolute Gasteiger partial charge is 0.161 e. The number of hydrogen-bond donors (Lipinski definition) is 1. The van der Waals surface area contributed by atoms with Crippen molar-refractivity contribution in [3.05, 3.63) is 59.7 Å². The minimum Gasteiger partial charge on any atom is -0.504 e. The van der Waals surface area contributed by atoms with Gasteiger partial charge in [0.15, 0.2) is 11.5 Å². The molecule has 5 nitrogen and oxygen atoms in total. The van der Waals surface area contributed by atoms with E-state index in [1.54, 1.807) is 6.07 Å². The normalized spacial score (nSPS) is 15.6. The summed E-state index contributed by atoms with van der Waals surface area (Å²) in [6.07, 6.45) is 1.83. The van der Waals surface area contributed by atoms with Crippen LogP contribution in [0.1, 0.15) is 18.1 Å². The molecule has 1 aliphatic rings. The van der Waals surface area contributed by atoms with Crippen LogP contribution in [0.4, 0.5) is 0 Å². The van der Waals surface area contributed by atoms with E-state index in [2.05, 4.69) is 45.3 Å². The number of hydrazone groups is 1. The molecule has 2 aromatic rings. The van der Waals surface area contributed by atoms with Crippen LogP contribution in [0.5, 0.6) is 11.5 Å². The molecule has 1 aliphatic heterocycles. The molecule has 0 aliphatic carbocycles. The Hall–Kier alpha value is -2.53. The molecule has 0 saturated carbocycles. The number of rotatable bonds is 6. The fourth-order valence-electron chi connectivity index (χ4n) is 2.88. The van der Waals surface area contributed by atoms with Crippen molar-refractivity contribution in [2.45, 2.75) is 13.5 Å². The Morgan fingerprint density at radius 3 is 2.56 bits per heavy atom. The first-order valence-electron chi connectivity index (χ1n) is 8.75. The quantitative estimate of drug-likeness (QED) is 0.822. The van der Waals surface area contributed by atoms with Crippen molar-refractivity contribution in [1.29, 1.82) is 0 Å². The van der Waals surface area contributed by atoms with E-state index in [4.69, 9.17) is 4.74 Å². The number of benzene rings is 2. The number of phenolic OH excluding ortho intramolecular Hbond substituents is 1. The summed E-state index contributed by atoms with van der Waals surface area (Å²) in [6, 6.07) is 15.9. The monoisotopic (exact) mass is 339 g/mol. The standard InChI is InChI=1S/C20H25N3O2/c1-2-25-20-14-18(8-9-19(20)24)15-21-23-12-10-22(11-13-23)16-17-6-4-3-5-7-17/h3-9,14-15,24H,2,10-13,16H2,1H3/b21-15-. The lowest BCUT2D eigenvalue weighted by Gasteiger charge is -2.33. The highest BCUT2D eigenvalue weighted by atomic mass is 16.5. The summed E-state index contributed by atoms with van der Waals surface area (Å²) < 4.78 is 5.41. The van der Waals surface area contributed by atoms with E-state index in [-0.39, 0.29) is 5.75 Å². The van der Waals surface area contributed by atoms with Crippen LogP contribution in [-0.2, 0) is 6.54 Å². The molecule has 0 unspecified atom stereocenters. The summed E-state index contributed by atoms with van der Waals surface area (Å²) in [4.78, 5) is 2.45. The van der Waals surface area contributed by atoms with E-state index in [1.807, 2.05) is 25.3 Å². The number of phenols is 1. The van der Waals surface area contributed by atoms with Gasteiger partial charge in [0.25, 0.3) is 0 Å². The molecule has 1 saturated heterocycles. The highest BCUT2D eigenvalue weighted by Crippen LogP contribution is 2.26. The summed E-state index contributed by atoms with van der Waals surface area (Å²) in [5.41, 5.74) is 2.28. The van der Waals surface area contributed by atoms with Crippen LogP contribution in [0, 0.1) is 0 Å². The second kappa shape index (κ2) is 8.53. The SMILES string of the molecule is CCOc1cc(/C=N\N2CCN(Cc3ccccc3)CC2)ccc1O. The van der Waals surface area contributed by atoms with Crippen LogP contribution >= 0.6 is 0 Å². The van der Waals surface area contributed by atoms with Crippen molar-refractivity contribution in [2.75, 3.05) is 32.8 Å². The predicted octanol–water partition coefficient (Wildman–Crippen LogP) is 2.94. The number of aromatic hydroxyl groups is 1. The minimum absolute atomic E-state index is 0.161. The van der Waals surface area contributed by atoms with Gasteiger partial charge in [0.05, 0.1) is 12.8 Å². The van der Waals surface area contributed by atoms with Crippen molar-refractivity contribution in [2.24, 2.45) is 5.10 Å². The molecule has 2 aromatic carbocycles. The van der Waals surface area contributed by atoms with Gasteiger partial charge in [-0.15, -0.1) is 0 Å². The Morgan fingerprint density at radius 2 is 1.84 bits per heavy atom. The molecule has 132 valence electrons. The number of hydrogen-bond acceptors (Lipinski definition) is 5. The molecule has 0 aromatic heterocycles. The summed E-state index contributed by atoms with van der Waals surface area (Å²) >= 11 is 0. The van der Waals surface area contributed by atoms with Gasteiger partial charge in [-0.1, -0.05) is 30.3 Å². The van der Waals surface area contributed by atoms with Crippen LogP contribution < -0.4 is 4.74 Å². The zero-order valence-corrected chi connectivity index (χ0v) is 14.6. The highest BCUT2D eigenvalue weighted by molar-refractivity contribution is 5.80. The second-order valence-corrected chi connectivity index (χ2v) is 6.12. The van der Waals surface area contributed by atoms with Gasteiger partial charge in [0.2, 0.25) is 0 Å². The Kier molecular flexibility index (Phi) is 5.90. The van der Waals surface area contributed by atoms with E-state index >= 15 is 0 Å². The fraction of sp³-hybridized carbons (Fsp3) is 0.350. The van der Waals surface area contributed by atoms with Crippen LogP contribution in [0.3, 0.4) is 0 Å². The van der Waals surface area contributed by atoms with E-state index in [0.717, 1.165) is 38.3 Å². The van der Waals surface area contributed by atoms with Gasteiger partial charge in [0, 0.05) is 32.7 Å². The second-order valence-electron chi connectivity index (χ2n) is 6.12. The first-order chi connectivity index (χ1) is 12.2. The molecular formula is C20H25N3O2. The van der Waals surface area contributed by atoms with Crippen molar-refractivity contribution in [3.63, 3.8) is 0 Å². The summed E-state index contributed by atoms with van der Waals surface area (Å²) in [7, 11) is 0. The van der Waals surface area contributed by atoms with Gasteiger partial charge in [0.1, 0.15) is 0 Å². The first-order valence-corrected chi connectivity index (χ1v) is 8.75. The minimum atomic E-state index is 0.161. The molecule has 3 rings (SSSR count). The van der Waals surface area contributed by atoms with Gasteiger partial charge >= 0.3 is 0 Å². The highest BCUT2D eigenvalue weighted by Gasteiger charge is 2.15. The van der Waals surface area contributed by atoms with Crippen LogP contribution in [0.2, 0.25) is 0 Å². The van der Waals surface area contributed by atoms with Gasteiger partial charge in [-0.05, 0) is 36.2 Å². The van der Waals surface area contributed by atoms with Crippen LogP contribution in [0.15, 0.2) is 53.6 Å². The molecule has 5 heteroatoms. The third-order valence-electron chi connectivity index (χ3n) is 4.25. The molecular weight excluding hydrogens is 314 g/mol. The molecule has 1 heterocycles. The third-order valence-corrected chi connectivity index (χ3v) is 4.25. The Labute approximate surface area is 149 Å².